The van der Waals surface area contributed by atoms with Gasteiger partial charge < -0.3 is 143 Å². The lowest BCUT2D eigenvalue weighted by Crippen LogP contribution is -2.65. The zero-order valence-electron chi connectivity index (χ0n) is 57.4. The minimum absolute atomic E-state index is 0.0361. The van der Waals surface area contributed by atoms with Crippen molar-refractivity contribution < 1.29 is 143 Å². The maximum absolute atomic E-state index is 11.8. The quantitative estimate of drug-likeness (QED) is 0.0284. The Morgan fingerprint density at radius 3 is 0.922 bits per heavy atom. The number of hydrogen-bond acceptors (Lipinski definition) is 29. The summed E-state index contributed by atoms with van der Waals surface area (Å²) in [6.07, 6.45) is -37.0. The van der Waals surface area contributed by atoms with Crippen LogP contribution in [0.3, 0.4) is 0 Å². The van der Waals surface area contributed by atoms with Gasteiger partial charge in [0.1, 0.15) is 134 Å². The third kappa shape index (κ3) is 20.6. The van der Waals surface area contributed by atoms with E-state index in [0.29, 0.717) is 6.61 Å². The lowest BCUT2D eigenvalue weighted by molar-refractivity contribution is -0.366. The molecule has 0 aromatic heterocycles. The van der Waals surface area contributed by atoms with Crippen molar-refractivity contribution in [3.63, 3.8) is 0 Å². The van der Waals surface area contributed by atoms with Gasteiger partial charge in [0, 0.05) is 5.92 Å². The molecule has 14 unspecified atom stereocenters. The molecule has 30 atom stereocenters. The Hall–Kier alpha value is -5.06. The Bertz CT molecular complexity index is 3180. The van der Waals surface area contributed by atoms with E-state index in [1.165, 1.54) is 0 Å². The standard InChI is InChI=1S/C41H54O14.C33H46O15/c1-24-25(2)52-31(37(49-21-27-14-8-4-9-15-27)36(24)48-20-26-12-6-3-7-13-26)23-50-39-35(47)40(51-22-28-16-10-5-11-17-28)54-30(19-43)38(39)55-41-34(46)33(45)32(44)29(18-42)53-41;1-17-23(36)26(39)29(42-14-18-8-4-2-5-9-18)22(45-17)16-43-31-28(41)32(44-15-19-10-6-3-7-11-19)47-21(13-35)30(31)48-33-27(40)25(38)24(37)20(12-34)46-33/h3-17,24-25,29-47H,18-23H2,1-2H3;2-11,17,20-41H,12-16H2,1H3/t24-,25?,29+,30?,31+,32+,33?,34?,35?,36+,37?,38-,39-,40?,41+;17?,20-,21?,22-,23+,24-,25?,26-,27?,28?,29?,30+,31+,32?,33-/m10/s1. The Labute approximate surface area is 597 Å². The van der Waals surface area contributed by atoms with Crippen LogP contribution in [0.5, 0.6) is 0 Å². The van der Waals surface area contributed by atoms with Crippen LogP contribution in [-0.2, 0) is 104 Å². The molecule has 0 bridgehead atoms. The van der Waals surface area contributed by atoms with E-state index in [2.05, 4.69) is 0 Å². The molecule has 29 heteroatoms. The SMILES string of the molecule is CC1O[C@@H](CO[C@@H]2C(O)C(OCc3ccccc3)OC(CO)[C@H]2O[C@@H]2O[C@@H](CO)[C@H](O)C(O)C2O)C(OCc2ccccc2)[C@@H](O)[C@@H]1O.CC1O[C@@H](CO[C@@H]2C(O)C(OCc3ccccc3)OC(CO)[C@H]2O[C@@H]2O[C@@H](CO)[C@H](O)C(O)C2O)C(OCc2ccccc2)[C@@H](OCc2ccccc2)[C@@H]1C. The predicted molar refractivity (Wildman–Crippen MR) is 358 cm³/mol. The van der Waals surface area contributed by atoms with Gasteiger partial charge in [0.05, 0.1) is 91.0 Å². The molecule has 6 heterocycles. The van der Waals surface area contributed by atoms with Crippen LogP contribution in [0.25, 0.3) is 0 Å². The second kappa shape index (κ2) is 39.2. The fourth-order valence-corrected chi connectivity index (χ4v) is 13.3. The zero-order chi connectivity index (χ0) is 73.3. The van der Waals surface area contributed by atoms with Gasteiger partial charge in [0.15, 0.2) is 25.2 Å². The van der Waals surface area contributed by atoms with Crippen LogP contribution >= 0.6 is 0 Å². The largest absolute Gasteiger partial charge is 0.394 e. The van der Waals surface area contributed by atoms with Gasteiger partial charge in [0.2, 0.25) is 0 Å². The van der Waals surface area contributed by atoms with Crippen molar-refractivity contribution in [3.8, 4) is 0 Å². The summed E-state index contributed by atoms with van der Waals surface area (Å²) < 4.78 is 91.5. The minimum Gasteiger partial charge on any atom is -0.394 e. The van der Waals surface area contributed by atoms with Crippen LogP contribution in [0.15, 0.2) is 152 Å². The summed E-state index contributed by atoms with van der Waals surface area (Å²) >= 11 is 0. The molecular weight excluding hydrogens is 1350 g/mol. The third-order valence-corrected chi connectivity index (χ3v) is 19.4. The van der Waals surface area contributed by atoms with Crippen LogP contribution in [0.1, 0.15) is 48.6 Å². The van der Waals surface area contributed by atoms with Gasteiger partial charge in [-0.05, 0) is 41.7 Å². The molecule has 0 aliphatic carbocycles. The minimum atomic E-state index is -1.79. The molecule has 14 N–H and O–H groups in total. The fraction of sp³-hybridized carbons (Fsp3) is 0.595. The van der Waals surface area contributed by atoms with Crippen LogP contribution in [0.4, 0.5) is 0 Å². The highest BCUT2D eigenvalue weighted by atomic mass is 16.8. The van der Waals surface area contributed by atoms with Gasteiger partial charge in [-0.1, -0.05) is 159 Å². The molecule has 103 heavy (non-hydrogen) atoms. The predicted octanol–water partition coefficient (Wildman–Crippen LogP) is -0.608. The van der Waals surface area contributed by atoms with Gasteiger partial charge in [-0.25, -0.2) is 0 Å². The van der Waals surface area contributed by atoms with Crippen molar-refractivity contribution in [3.05, 3.63) is 179 Å². The fourth-order valence-electron chi connectivity index (χ4n) is 13.3. The maximum atomic E-state index is 11.8. The van der Waals surface area contributed by atoms with Crippen molar-refractivity contribution in [2.75, 3.05) is 39.6 Å². The molecular formula is C74H100O29. The zero-order valence-corrected chi connectivity index (χ0v) is 57.4. The number of aliphatic hydroxyl groups is 14. The first kappa shape index (κ1) is 80.5. The Morgan fingerprint density at radius 2 is 0.563 bits per heavy atom. The van der Waals surface area contributed by atoms with Crippen molar-refractivity contribution in [1.82, 2.24) is 0 Å². The summed E-state index contributed by atoms with van der Waals surface area (Å²) in [7, 11) is 0. The average Bonchev–Trinajstić information content (AvgIpc) is 0.786. The first-order valence-corrected chi connectivity index (χ1v) is 34.8. The highest BCUT2D eigenvalue weighted by Crippen LogP contribution is 2.37. The van der Waals surface area contributed by atoms with E-state index >= 15 is 0 Å². The van der Waals surface area contributed by atoms with Crippen LogP contribution in [0, 0.1) is 5.92 Å². The monoisotopic (exact) mass is 1450 g/mol. The van der Waals surface area contributed by atoms with E-state index < -0.39 is 198 Å². The molecule has 5 aromatic carbocycles. The molecule has 0 spiro atoms. The summed E-state index contributed by atoms with van der Waals surface area (Å²) in [5.41, 5.74) is 4.36. The maximum Gasteiger partial charge on any atom is 0.187 e. The molecule has 6 fully saturated rings. The molecule has 6 aliphatic heterocycles. The van der Waals surface area contributed by atoms with Crippen molar-refractivity contribution in [2.45, 2.75) is 232 Å². The second-order valence-corrected chi connectivity index (χ2v) is 26.6. The van der Waals surface area contributed by atoms with Gasteiger partial charge >= 0.3 is 0 Å². The smallest absolute Gasteiger partial charge is 0.187 e. The van der Waals surface area contributed by atoms with Gasteiger partial charge in [-0.3, -0.25) is 0 Å². The van der Waals surface area contributed by atoms with Crippen LogP contribution in [0.2, 0.25) is 0 Å². The summed E-state index contributed by atoms with van der Waals surface area (Å²) in [6, 6.07) is 47.1. The van der Waals surface area contributed by atoms with Gasteiger partial charge in [-0.15, -0.1) is 0 Å². The lowest BCUT2D eigenvalue weighted by Gasteiger charge is -2.48. The molecule has 0 radical (unpaired) electrons. The van der Waals surface area contributed by atoms with E-state index in [4.69, 9.17) is 71.1 Å². The van der Waals surface area contributed by atoms with E-state index in [1.807, 2.05) is 166 Å². The van der Waals surface area contributed by atoms with Gasteiger partial charge in [0.25, 0.3) is 0 Å². The summed E-state index contributed by atoms with van der Waals surface area (Å²) in [5.74, 6) is -0.0776. The van der Waals surface area contributed by atoms with E-state index in [-0.39, 0.29) is 51.7 Å². The van der Waals surface area contributed by atoms with E-state index in [0.717, 1.165) is 27.8 Å². The van der Waals surface area contributed by atoms with Crippen molar-refractivity contribution in [1.29, 1.82) is 0 Å². The highest BCUT2D eigenvalue weighted by molar-refractivity contribution is 5.18. The first-order valence-electron chi connectivity index (χ1n) is 34.8. The first-order chi connectivity index (χ1) is 49.8. The summed E-state index contributed by atoms with van der Waals surface area (Å²) in [4.78, 5) is 0. The topological polar surface area (TPSA) is 422 Å². The lowest BCUT2D eigenvalue weighted by atomic mass is 9.88. The number of ether oxygens (including phenoxy) is 15. The number of rotatable bonds is 29. The molecule has 0 amide bonds. The number of benzene rings is 5. The molecule has 570 valence electrons. The molecule has 6 aliphatic rings. The highest BCUT2D eigenvalue weighted by Gasteiger charge is 2.56. The molecule has 6 saturated heterocycles. The summed E-state index contributed by atoms with van der Waals surface area (Å²) in [6.45, 7) is 3.27. The second-order valence-electron chi connectivity index (χ2n) is 26.6. The van der Waals surface area contributed by atoms with Crippen LogP contribution < -0.4 is 0 Å². The number of aliphatic hydroxyl groups excluding tert-OH is 14. The Kier molecular flexibility index (Phi) is 30.6. The van der Waals surface area contributed by atoms with E-state index in [1.54, 1.807) is 6.92 Å². The molecule has 5 aromatic rings. The van der Waals surface area contributed by atoms with Crippen molar-refractivity contribution in [2.24, 2.45) is 5.92 Å². The normalized spacial score (nSPS) is 38.5. The third-order valence-electron chi connectivity index (χ3n) is 19.4. The van der Waals surface area contributed by atoms with E-state index in [9.17, 15) is 71.5 Å². The summed E-state index contributed by atoms with van der Waals surface area (Å²) in [5, 5.41) is 148. The Balaban J connectivity index is 0.000000224. The Morgan fingerprint density at radius 1 is 0.252 bits per heavy atom. The number of hydrogen-bond donors (Lipinski definition) is 14. The average molecular weight is 1450 g/mol. The molecule has 29 nitrogen and oxygen atoms in total. The molecule has 11 rings (SSSR count). The van der Waals surface area contributed by atoms with Crippen LogP contribution in [-0.4, -0.2) is 289 Å². The molecule has 0 saturated carbocycles. The van der Waals surface area contributed by atoms with Crippen molar-refractivity contribution >= 4 is 0 Å². The van der Waals surface area contributed by atoms with Gasteiger partial charge in [-0.2, -0.15) is 0 Å².